The summed E-state index contributed by atoms with van der Waals surface area (Å²) in [5.41, 5.74) is 3.72. The van der Waals surface area contributed by atoms with E-state index in [4.69, 9.17) is 9.72 Å². The first-order valence-corrected chi connectivity index (χ1v) is 11.4. The molecule has 3 fully saturated rings. The fourth-order valence-electron chi connectivity index (χ4n) is 5.65. The van der Waals surface area contributed by atoms with Gasteiger partial charge in [-0.3, -0.25) is 4.79 Å². The van der Waals surface area contributed by atoms with Crippen LogP contribution in [-0.2, 0) is 22.4 Å². The van der Waals surface area contributed by atoms with Crippen molar-refractivity contribution in [3.63, 3.8) is 0 Å². The van der Waals surface area contributed by atoms with Crippen molar-refractivity contribution in [3.8, 4) is 0 Å². The maximum atomic E-state index is 13.1. The molecule has 0 saturated carbocycles. The molecule has 3 saturated heterocycles. The standard InChI is InChI=1S/C22H30N6O2/c29-21(26-10-4-22(5-11-26)6-12-30-15-22)16-13-27(14-16)20-17-1-7-23-8-2-18(17)25-19-3-9-24-28(19)20/h3,9,16,23H,1-2,4-8,10-15H2. The van der Waals surface area contributed by atoms with Crippen LogP contribution in [0.1, 0.15) is 30.5 Å². The van der Waals surface area contributed by atoms with E-state index in [1.807, 2.05) is 16.8 Å². The van der Waals surface area contributed by atoms with Crippen molar-refractivity contribution in [2.45, 2.75) is 32.1 Å². The van der Waals surface area contributed by atoms with Gasteiger partial charge in [-0.25, -0.2) is 4.98 Å². The number of anilines is 1. The minimum absolute atomic E-state index is 0.0946. The van der Waals surface area contributed by atoms with E-state index in [2.05, 4.69) is 20.2 Å². The van der Waals surface area contributed by atoms with Crippen molar-refractivity contribution in [2.24, 2.45) is 11.3 Å². The van der Waals surface area contributed by atoms with Crippen molar-refractivity contribution >= 4 is 17.4 Å². The Morgan fingerprint density at radius 1 is 1.17 bits per heavy atom. The van der Waals surface area contributed by atoms with E-state index < -0.39 is 0 Å². The van der Waals surface area contributed by atoms with E-state index in [1.165, 1.54) is 11.3 Å². The van der Waals surface area contributed by atoms with Crippen LogP contribution < -0.4 is 10.2 Å². The van der Waals surface area contributed by atoms with Crippen LogP contribution in [0.25, 0.3) is 5.65 Å². The van der Waals surface area contributed by atoms with E-state index in [1.54, 1.807) is 0 Å². The molecule has 30 heavy (non-hydrogen) atoms. The molecule has 4 aliphatic rings. The number of hydrogen-bond donors (Lipinski definition) is 1. The van der Waals surface area contributed by atoms with Gasteiger partial charge >= 0.3 is 0 Å². The summed E-state index contributed by atoms with van der Waals surface area (Å²) in [6, 6.07) is 1.97. The summed E-state index contributed by atoms with van der Waals surface area (Å²) in [4.78, 5) is 22.4. The van der Waals surface area contributed by atoms with Gasteiger partial charge in [0.2, 0.25) is 5.91 Å². The highest BCUT2D eigenvalue weighted by atomic mass is 16.5. The predicted molar refractivity (Wildman–Crippen MR) is 113 cm³/mol. The lowest BCUT2D eigenvalue weighted by Gasteiger charge is -2.45. The molecule has 4 aliphatic heterocycles. The minimum Gasteiger partial charge on any atom is -0.381 e. The zero-order chi connectivity index (χ0) is 20.1. The lowest BCUT2D eigenvalue weighted by atomic mass is 9.77. The molecule has 0 atom stereocenters. The second-order valence-electron chi connectivity index (χ2n) is 9.44. The molecular formula is C22H30N6O2. The molecule has 0 aromatic carbocycles. The first kappa shape index (κ1) is 18.6. The first-order valence-electron chi connectivity index (χ1n) is 11.4. The van der Waals surface area contributed by atoms with Gasteiger partial charge in [0, 0.05) is 57.4 Å². The lowest BCUT2D eigenvalue weighted by Crippen LogP contribution is -2.57. The average molecular weight is 411 g/mol. The van der Waals surface area contributed by atoms with Gasteiger partial charge in [-0.1, -0.05) is 0 Å². The Balaban J connectivity index is 1.17. The van der Waals surface area contributed by atoms with Gasteiger partial charge in [-0.2, -0.15) is 9.61 Å². The third kappa shape index (κ3) is 3.00. The number of carbonyl (C=O) groups is 1. The van der Waals surface area contributed by atoms with Crippen LogP contribution >= 0.6 is 0 Å². The fourth-order valence-corrected chi connectivity index (χ4v) is 5.65. The number of amides is 1. The monoisotopic (exact) mass is 410 g/mol. The Labute approximate surface area is 176 Å². The molecular weight excluding hydrogens is 380 g/mol. The van der Waals surface area contributed by atoms with Gasteiger partial charge in [0.15, 0.2) is 5.65 Å². The third-order valence-electron chi connectivity index (χ3n) is 7.63. The average Bonchev–Trinajstić information content (AvgIpc) is 3.31. The Kier molecular flexibility index (Phi) is 4.46. The molecule has 160 valence electrons. The second kappa shape index (κ2) is 7.20. The van der Waals surface area contributed by atoms with Gasteiger partial charge in [0.1, 0.15) is 5.82 Å². The molecule has 6 heterocycles. The molecule has 0 radical (unpaired) electrons. The normalized spacial score (nSPS) is 24.1. The molecule has 1 amide bonds. The predicted octanol–water partition coefficient (Wildman–Crippen LogP) is 0.883. The molecule has 2 aromatic heterocycles. The van der Waals surface area contributed by atoms with Gasteiger partial charge < -0.3 is 19.9 Å². The number of carbonyl (C=O) groups excluding carboxylic acids is 1. The molecule has 1 spiro atoms. The van der Waals surface area contributed by atoms with Crippen LogP contribution in [0.5, 0.6) is 0 Å². The molecule has 0 aliphatic carbocycles. The molecule has 0 unspecified atom stereocenters. The molecule has 6 rings (SSSR count). The third-order valence-corrected chi connectivity index (χ3v) is 7.63. The number of piperidine rings is 1. The summed E-state index contributed by atoms with van der Waals surface area (Å²) >= 11 is 0. The van der Waals surface area contributed by atoms with Gasteiger partial charge in [0.25, 0.3) is 0 Å². The number of likely N-dealkylation sites (tertiary alicyclic amines) is 1. The maximum absolute atomic E-state index is 13.1. The van der Waals surface area contributed by atoms with Crippen LogP contribution in [0.3, 0.4) is 0 Å². The molecule has 8 nitrogen and oxygen atoms in total. The van der Waals surface area contributed by atoms with Crippen molar-refractivity contribution in [3.05, 3.63) is 23.5 Å². The van der Waals surface area contributed by atoms with Crippen molar-refractivity contribution in [2.75, 3.05) is 57.4 Å². The van der Waals surface area contributed by atoms with Crippen LogP contribution in [0, 0.1) is 11.3 Å². The molecule has 1 N–H and O–H groups in total. The fraction of sp³-hybridized carbons (Fsp3) is 0.682. The largest absolute Gasteiger partial charge is 0.381 e. The number of aromatic nitrogens is 3. The Hall–Kier alpha value is -2.19. The van der Waals surface area contributed by atoms with Crippen molar-refractivity contribution in [1.82, 2.24) is 24.8 Å². The van der Waals surface area contributed by atoms with Crippen LogP contribution in [0.2, 0.25) is 0 Å². The number of fused-ring (bicyclic) bond motifs is 2. The first-order chi connectivity index (χ1) is 14.7. The SMILES string of the molecule is O=C(C1CN(c2c3c(nc4ccnn24)CCNCC3)C1)N1CCC2(CCOC2)CC1. The van der Waals surface area contributed by atoms with Crippen molar-refractivity contribution in [1.29, 1.82) is 0 Å². The van der Waals surface area contributed by atoms with E-state index in [0.717, 1.165) is 96.1 Å². The van der Waals surface area contributed by atoms with Crippen LogP contribution in [-0.4, -0.2) is 77.9 Å². The number of nitrogens with one attached hydrogen (secondary N) is 1. The van der Waals surface area contributed by atoms with E-state index >= 15 is 0 Å². The number of ether oxygens (including phenoxy) is 1. The van der Waals surface area contributed by atoms with E-state index in [0.29, 0.717) is 11.3 Å². The van der Waals surface area contributed by atoms with E-state index in [9.17, 15) is 4.79 Å². The summed E-state index contributed by atoms with van der Waals surface area (Å²) in [5.74, 6) is 1.57. The summed E-state index contributed by atoms with van der Waals surface area (Å²) in [6.07, 6.45) is 7.07. The van der Waals surface area contributed by atoms with Crippen molar-refractivity contribution < 1.29 is 9.53 Å². The number of rotatable bonds is 2. The number of nitrogens with zero attached hydrogens (tertiary/aromatic N) is 5. The molecule has 0 bridgehead atoms. The highest BCUT2D eigenvalue weighted by Crippen LogP contribution is 2.40. The Morgan fingerprint density at radius 2 is 2.00 bits per heavy atom. The summed E-state index contributed by atoms with van der Waals surface area (Å²) < 4.78 is 7.60. The van der Waals surface area contributed by atoms with Crippen LogP contribution in [0.4, 0.5) is 5.82 Å². The summed E-state index contributed by atoms with van der Waals surface area (Å²) in [5, 5.41) is 8.02. The Bertz CT molecular complexity index is 950. The van der Waals surface area contributed by atoms with Crippen LogP contribution in [0.15, 0.2) is 12.3 Å². The highest BCUT2D eigenvalue weighted by molar-refractivity contribution is 5.82. The minimum atomic E-state index is 0.0946. The maximum Gasteiger partial charge on any atom is 0.229 e. The highest BCUT2D eigenvalue weighted by Gasteiger charge is 2.43. The summed E-state index contributed by atoms with van der Waals surface area (Å²) in [7, 11) is 0. The molecule has 2 aromatic rings. The zero-order valence-corrected chi connectivity index (χ0v) is 17.5. The van der Waals surface area contributed by atoms with Gasteiger partial charge in [-0.15, -0.1) is 0 Å². The van der Waals surface area contributed by atoms with Gasteiger partial charge in [-0.05, 0) is 37.6 Å². The topological polar surface area (TPSA) is 75.0 Å². The van der Waals surface area contributed by atoms with Gasteiger partial charge in [0.05, 0.1) is 24.4 Å². The second-order valence-corrected chi connectivity index (χ2v) is 9.44. The smallest absolute Gasteiger partial charge is 0.229 e. The van der Waals surface area contributed by atoms with E-state index in [-0.39, 0.29) is 5.92 Å². The molecule has 8 heteroatoms. The number of hydrogen-bond acceptors (Lipinski definition) is 6. The zero-order valence-electron chi connectivity index (χ0n) is 17.5. The lowest BCUT2D eigenvalue weighted by molar-refractivity contribution is -0.138. The summed E-state index contributed by atoms with van der Waals surface area (Å²) in [6.45, 7) is 7.03. The quantitative estimate of drug-likeness (QED) is 0.792. The Morgan fingerprint density at radius 3 is 2.80 bits per heavy atom.